The highest BCUT2D eigenvalue weighted by molar-refractivity contribution is 7.14. The van der Waals surface area contributed by atoms with Crippen LogP contribution in [-0.4, -0.2) is 39.3 Å². The number of H-pyrrole nitrogens is 1. The van der Waals surface area contributed by atoms with Gasteiger partial charge in [-0.15, -0.1) is 16.4 Å². The van der Waals surface area contributed by atoms with Crippen molar-refractivity contribution in [3.05, 3.63) is 38.3 Å². The molecule has 9 heteroatoms. The molecule has 0 spiro atoms. The molecular weight excluding hydrogens is 478 g/mol. The van der Waals surface area contributed by atoms with Gasteiger partial charge in [0.2, 0.25) is 11.8 Å². The SMILES string of the molecule is CC1CCC(C(=O)N(c2cc(C(C)(C)C)sc2C(=O)O)C2CCC(Oc3ccc(=O)[nH]n3)CC2)CC1. The molecule has 0 saturated heterocycles. The third-order valence-electron chi connectivity index (χ3n) is 7.46. The zero-order valence-electron chi connectivity index (χ0n) is 21.6. The van der Waals surface area contributed by atoms with Gasteiger partial charge >= 0.3 is 5.97 Å². The number of hydrogen-bond acceptors (Lipinski definition) is 6. The van der Waals surface area contributed by atoms with Crippen LogP contribution in [-0.2, 0) is 10.2 Å². The van der Waals surface area contributed by atoms with Gasteiger partial charge in [-0.2, -0.15) is 0 Å². The molecule has 8 nitrogen and oxygen atoms in total. The number of nitrogens with one attached hydrogen (secondary N) is 1. The Balaban J connectivity index is 1.59. The molecule has 2 saturated carbocycles. The molecule has 4 rings (SSSR count). The van der Waals surface area contributed by atoms with E-state index in [9.17, 15) is 19.5 Å². The van der Waals surface area contributed by atoms with Crippen molar-refractivity contribution in [3.8, 4) is 5.88 Å². The molecule has 0 aliphatic heterocycles. The molecule has 0 bridgehead atoms. The lowest BCUT2D eigenvalue weighted by molar-refractivity contribution is -0.124. The third-order valence-corrected chi connectivity index (χ3v) is 9.00. The van der Waals surface area contributed by atoms with E-state index in [1.807, 2.05) is 11.0 Å². The van der Waals surface area contributed by atoms with E-state index in [4.69, 9.17) is 4.74 Å². The van der Waals surface area contributed by atoms with Crippen LogP contribution in [0.2, 0.25) is 0 Å². The highest BCUT2D eigenvalue weighted by Gasteiger charge is 2.38. The summed E-state index contributed by atoms with van der Waals surface area (Å²) in [6, 6.07) is 4.80. The first-order valence-electron chi connectivity index (χ1n) is 13.0. The summed E-state index contributed by atoms with van der Waals surface area (Å²) in [5.41, 5.74) is 0.0572. The second-order valence-corrected chi connectivity index (χ2v) is 12.4. The number of thiophene rings is 1. The van der Waals surface area contributed by atoms with E-state index in [-0.39, 0.29) is 39.8 Å². The van der Waals surface area contributed by atoms with E-state index in [2.05, 4.69) is 37.9 Å². The summed E-state index contributed by atoms with van der Waals surface area (Å²) in [6.07, 6.45) is 6.55. The van der Waals surface area contributed by atoms with Crippen LogP contribution in [0.15, 0.2) is 23.0 Å². The first-order chi connectivity index (χ1) is 17.0. The van der Waals surface area contributed by atoms with Gasteiger partial charge in [0.1, 0.15) is 11.0 Å². The fourth-order valence-corrected chi connectivity index (χ4v) is 6.32. The normalized spacial score (nSPS) is 24.8. The molecule has 196 valence electrons. The lowest BCUT2D eigenvalue weighted by atomic mass is 9.81. The van der Waals surface area contributed by atoms with Crippen LogP contribution >= 0.6 is 11.3 Å². The standard InChI is InChI=1S/C27H37N3O5S/c1-16-5-7-17(8-6-16)25(32)30(20-15-21(27(2,3)4)36-24(20)26(33)34)18-9-11-19(12-10-18)35-23-14-13-22(31)28-29-23/h13-19H,5-12H2,1-4H3,(H,28,31)(H,33,34). The molecular formula is C27H37N3O5S. The van der Waals surface area contributed by atoms with Gasteiger partial charge in [0, 0.05) is 29.0 Å². The average Bonchev–Trinajstić information content (AvgIpc) is 3.28. The number of nitrogens with zero attached hydrogens (tertiary/aromatic N) is 2. The molecule has 0 radical (unpaired) electrons. The number of anilines is 1. The number of hydrogen-bond donors (Lipinski definition) is 2. The Hall–Kier alpha value is -2.68. The number of ether oxygens (including phenoxy) is 1. The quantitative estimate of drug-likeness (QED) is 0.534. The number of carbonyl (C=O) groups is 2. The number of carboxylic acid groups (broad SMARTS) is 1. The van der Waals surface area contributed by atoms with Gasteiger partial charge in [0.15, 0.2) is 0 Å². The van der Waals surface area contributed by atoms with Crippen molar-refractivity contribution in [1.82, 2.24) is 10.2 Å². The molecule has 1 amide bonds. The molecule has 36 heavy (non-hydrogen) atoms. The summed E-state index contributed by atoms with van der Waals surface area (Å²) in [5.74, 6) is 0.0131. The van der Waals surface area contributed by atoms with Gasteiger partial charge in [0.25, 0.3) is 5.56 Å². The highest BCUT2D eigenvalue weighted by atomic mass is 32.1. The van der Waals surface area contributed by atoms with Gasteiger partial charge in [-0.05, 0) is 68.8 Å². The number of amides is 1. The van der Waals surface area contributed by atoms with E-state index in [0.717, 1.165) is 43.4 Å². The Labute approximate surface area is 216 Å². The molecule has 2 aliphatic rings. The predicted octanol–water partition coefficient (Wildman–Crippen LogP) is 5.38. The van der Waals surface area contributed by atoms with Crippen LogP contribution in [0.4, 0.5) is 5.69 Å². The lowest BCUT2D eigenvalue weighted by Gasteiger charge is -2.39. The maximum atomic E-state index is 14.0. The summed E-state index contributed by atoms with van der Waals surface area (Å²) < 4.78 is 5.97. The Morgan fingerprint density at radius 3 is 2.31 bits per heavy atom. The lowest BCUT2D eigenvalue weighted by Crippen LogP contribution is -2.47. The predicted molar refractivity (Wildman–Crippen MR) is 140 cm³/mol. The maximum absolute atomic E-state index is 14.0. The molecule has 0 unspecified atom stereocenters. The van der Waals surface area contributed by atoms with Gasteiger partial charge in [-0.25, -0.2) is 9.89 Å². The summed E-state index contributed by atoms with van der Waals surface area (Å²) in [6.45, 7) is 8.43. The van der Waals surface area contributed by atoms with Crippen LogP contribution in [0.3, 0.4) is 0 Å². The van der Waals surface area contributed by atoms with Crippen LogP contribution in [0.25, 0.3) is 0 Å². The molecule has 2 heterocycles. The molecule has 2 aliphatic carbocycles. The topological polar surface area (TPSA) is 113 Å². The van der Waals surface area contributed by atoms with E-state index >= 15 is 0 Å². The average molecular weight is 516 g/mol. The van der Waals surface area contributed by atoms with E-state index in [0.29, 0.717) is 30.3 Å². The summed E-state index contributed by atoms with van der Waals surface area (Å²) >= 11 is 1.28. The van der Waals surface area contributed by atoms with Crippen molar-refractivity contribution >= 4 is 28.9 Å². The van der Waals surface area contributed by atoms with Crippen LogP contribution in [0.1, 0.15) is 93.6 Å². The van der Waals surface area contributed by atoms with Crippen molar-refractivity contribution in [3.63, 3.8) is 0 Å². The minimum atomic E-state index is -0.985. The van der Waals surface area contributed by atoms with Crippen molar-refractivity contribution in [1.29, 1.82) is 0 Å². The summed E-state index contributed by atoms with van der Waals surface area (Å²) in [5, 5.41) is 16.4. The molecule has 0 aromatic carbocycles. The molecule has 0 atom stereocenters. The van der Waals surface area contributed by atoms with Crippen molar-refractivity contribution < 1.29 is 19.4 Å². The molecule has 2 aromatic rings. The largest absolute Gasteiger partial charge is 0.477 e. The van der Waals surface area contributed by atoms with Crippen molar-refractivity contribution in [2.75, 3.05) is 4.90 Å². The fraction of sp³-hybridized carbons (Fsp3) is 0.630. The zero-order valence-corrected chi connectivity index (χ0v) is 22.4. The van der Waals surface area contributed by atoms with Crippen LogP contribution in [0, 0.1) is 11.8 Å². The second kappa shape index (κ2) is 10.7. The summed E-state index contributed by atoms with van der Waals surface area (Å²) in [4.78, 5) is 40.6. The molecule has 2 aromatic heterocycles. The van der Waals surface area contributed by atoms with E-state index < -0.39 is 5.97 Å². The maximum Gasteiger partial charge on any atom is 0.348 e. The van der Waals surface area contributed by atoms with Gasteiger partial charge in [-0.3, -0.25) is 9.59 Å². The Kier molecular flexibility index (Phi) is 7.87. The van der Waals surface area contributed by atoms with Crippen LogP contribution < -0.4 is 15.2 Å². The van der Waals surface area contributed by atoms with Crippen molar-refractivity contribution in [2.24, 2.45) is 11.8 Å². The van der Waals surface area contributed by atoms with Crippen molar-refractivity contribution in [2.45, 2.75) is 96.6 Å². The zero-order chi connectivity index (χ0) is 26.0. The highest BCUT2D eigenvalue weighted by Crippen LogP contribution is 2.42. The monoisotopic (exact) mass is 515 g/mol. The van der Waals surface area contributed by atoms with Crippen LogP contribution in [0.5, 0.6) is 5.88 Å². The van der Waals surface area contributed by atoms with E-state index in [1.165, 1.54) is 17.4 Å². The number of rotatable bonds is 6. The summed E-state index contributed by atoms with van der Waals surface area (Å²) in [7, 11) is 0. The van der Waals surface area contributed by atoms with Gasteiger partial charge in [-0.1, -0.05) is 27.7 Å². The minimum Gasteiger partial charge on any atom is -0.477 e. The fourth-order valence-electron chi connectivity index (χ4n) is 5.27. The van der Waals surface area contributed by atoms with E-state index in [1.54, 1.807) is 6.07 Å². The smallest absolute Gasteiger partial charge is 0.348 e. The Morgan fingerprint density at radius 2 is 1.75 bits per heavy atom. The second-order valence-electron chi connectivity index (χ2n) is 11.4. The number of carboxylic acids is 1. The first-order valence-corrected chi connectivity index (χ1v) is 13.8. The third kappa shape index (κ3) is 5.99. The molecule has 2 fully saturated rings. The minimum absolute atomic E-state index is 0.0642. The van der Waals surface area contributed by atoms with Gasteiger partial charge < -0.3 is 14.7 Å². The Bertz CT molecular complexity index is 1110. The number of carbonyl (C=O) groups excluding carboxylic acids is 1. The first kappa shape index (κ1) is 26.4. The molecule has 2 N–H and O–H groups in total. The number of aromatic amines is 1. The Morgan fingerprint density at radius 1 is 1.08 bits per heavy atom. The number of aromatic nitrogens is 2. The number of aromatic carboxylic acids is 1. The van der Waals surface area contributed by atoms with Gasteiger partial charge in [0.05, 0.1) is 5.69 Å².